The third kappa shape index (κ3) is 3.70. The Morgan fingerprint density at radius 3 is 2.67 bits per heavy atom. The lowest BCUT2D eigenvalue weighted by Gasteiger charge is -2.18. The summed E-state index contributed by atoms with van der Waals surface area (Å²) in [5.74, 6) is 0.0624. The molecular formula is C18H21N3O2S. The molecule has 2 aromatic rings. The summed E-state index contributed by atoms with van der Waals surface area (Å²) < 4.78 is 5.89. The van der Waals surface area contributed by atoms with Crippen molar-refractivity contribution in [1.29, 1.82) is 0 Å². The summed E-state index contributed by atoms with van der Waals surface area (Å²) in [7, 11) is 0. The van der Waals surface area contributed by atoms with Crippen LogP contribution in [0.2, 0.25) is 0 Å². The largest absolute Gasteiger partial charge is 0.458 e. The number of rotatable bonds is 4. The van der Waals surface area contributed by atoms with Crippen molar-refractivity contribution in [2.24, 2.45) is 0 Å². The lowest BCUT2D eigenvalue weighted by atomic mass is 10.2. The average molecular weight is 343 g/mol. The van der Waals surface area contributed by atoms with E-state index in [4.69, 9.17) is 4.74 Å². The molecule has 6 heteroatoms. The highest BCUT2D eigenvalue weighted by atomic mass is 32.2. The number of aryl methyl sites for hydroxylation is 2. The number of hydrogen-bond acceptors (Lipinski definition) is 5. The number of benzene rings is 1. The number of carbonyl (C=O) groups is 1. The van der Waals surface area contributed by atoms with E-state index in [1.165, 1.54) is 0 Å². The summed E-state index contributed by atoms with van der Waals surface area (Å²) in [5, 5.41) is 0. The molecule has 3 rings (SSSR count). The second kappa shape index (κ2) is 7.21. The highest BCUT2D eigenvalue weighted by Crippen LogP contribution is 2.24. The Balaban J connectivity index is 1.67. The van der Waals surface area contributed by atoms with Gasteiger partial charge in [0.15, 0.2) is 0 Å². The molecule has 1 aliphatic rings. The Kier molecular flexibility index (Phi) is 5.04. The Morgan fingerprint density at radius 1 is 1.25 bits per heavy atom. The monoisotopic (exact) mass is 343 g/mol. The van der Waals surface area contributed by atoms with Gasteiger partial charge in [-0.2, -0.15) is 0 Å². The zero-order chi connectivity index (χ0) is 17.1. The molecule has 0 saturated carbocycles. The van der Waals surface area contributed by atoms with Gasteiger partial charge < -0.3 is 9.64 Å². The molecule has 2 heterocycles. The first-order valence-electron chi connectivity index (χ1n) is 7.98. The van der Waals surface area contributed by atoms with E-state index in [1.54, 1.807) is 11.8 Å². The van der Waals surface area contributed by atoms with Gasteiger partial charge >= 0.3 is 6.01 Å². The number of nitrogens with zero attached hydrogens (tertiary/aromatic N) is 3. The standard InChI is InChI=1S/C18H21N3O2S/c1-12-10-13(2)20-18(19-12)23-14-8-9-21(11-14)17(22)15-6-4-5-7-16(15)24-3/h4-7,10,14H,8-9,11H2,1-3H3. The lowest BCUT2D eigenvalue weighted by molar-refractivity contribution is 0.0766. The number of likely N-dealkylation sites (tertiary alicyclic amines) is 1. The summed E-state index contributed by atoms with van der Waals surface area (Å²) >= 11 is 1.59. The molecule has 1 amide bonds. The van der Waals surface area contributed by atoms with E-state index >= 15 is 0 Å². The third-order valence-corrected chi connectivity index (χ3v) is 4.80. The molecule has 0 bridgehead atoms. The minimum absolute atomic E-state index is 0.0587. The van der Waals surface area contributed by atoms with Crippen molar-refractivity contribution in [2.45, 2.75) is 31.3 Å². The van der Waals surface area contributed by atoms with Crippen LogP contribution in [0, 0.1) is 13.8 Å². The van der Waals surface area contributed by atoms with Crippen molar-refractivity contribution in [3.8, 4) is 6.01 Å². The number of thioether (sulfide) groups is 1. The van der Waals surface area contributed by atoms with Gasteiger partial charge in [-0.15, -0.1) is 11.8 Å². The summed E-state index contributed by atoms with van der Waals surface area (Å²) in [4.78, 5) is 24.2. The van der Waals surface area contributed by atoms with Crippen LogP contribution >= 0.6 is 11.8 Å². The molecule has 126 valence electrons. The predicted octanol–water partition coefficient (Wildman–Crippen LogP) is 3.11. The van der Waals surface area contributed by atoms with Gasteiger partial charge in [-0.1, -0.05) is 12.1 Å². The number of ether oxygens (including phenoxy) is 1. The second-order valence-electron chi connectivity index (χ2n) is 5.91. The Labute approximate surface area is 146 Å². The van der Waals surface area contributed by atoms with Crippen LogP contribution in [0.5, 0.6) is 6.01 Å². The van der Waals surface area contributed by atoms with Crippen molar-refractivity contribution in [2.75, 3.05) is 19.3 Å². The zero-order valence-electron chi connectivity index (χ0n) is 14.2. The molecule has 1 atom stereocenters. The van der Waals surface area contributed by atoms with Crippen molar-refractivity contribution in [3.63, 3.8) is 0 Å². The smallest absolute Gasteiger partial charge is 0.317 e. The second-order valence-corrected chi connectivity index (χ2v) is 6.76. The van der Waals surface area contributed by atoms with Gasteiger partial charge in [0, 0.05) is 29.2 Å². The quantitative estimate of drug-likeness (QED) is 0.799. The van der Waals surface area contributed by atoms with Gasteiger partial charge in [0.05, 0.1) is 12.1 Å². The molecule has 5 nitrogen and oxygen atoms in total. The number of carbonyl (C=O) groups excluding carboxylic acids is 1. The molecule has 1 fully saturated rings. The topological polar surface area (TPSA) is 55.3 Å². The van der Waals surface area contributed by atoms with Crippen molar-refractivity contribution >= 4 is 17.7 Å². The SMILES string of the molecule is CSc1ccccc1C(=O)N1CCC(Oc2nc(C)cc(C)n2)C1. The van der Waals surface area contributed by atoms with Crippen LogP contribution in [0.3, 0.4) is 0 Å². The van der Waals surface area contributed by atoms with Crippen molar-refractivity contribution < 1.29 is 9.53 Å². The van der Waals surface area contributed by atoms with Gasteiger partial charge in [-0.25, -0.2) is 9.97 Å². The van der Waals surface area contributed by atoms with E-state index < -0.39 is 0 Å². The predicted molar refractivity (Wildman–Crippen MR) is 94.7 cm³/mol. The Hall–Kier alpha value is -2.08. The number of amides is 1. The van der Waals surface area contributed by atoms with Crippen LogP contribution in [-0.4, -0.2) is 46.2 Å². The maximum atomic E-state index is 12.8. The van der Waals surface area contributed by atoms with E-state index in [2.05, 4.69) is 9.97 Å². The molecule has 0 spiro atoms. The van der Waals surface area contributed by atoms with Gasteiger partial charge in [-0.3, -0.25) is 4.79 Å². The molecule has 1 aromatic carbocycles. The maximum absolute atomic E-state index is 12.8. The Bertz CT molecular complexity index is 731. The number of hydrogen-bond donors (Lipinski definition) is 0. The van der Waals surface area contributed by atoms with Crippen LogP contribution in [0.4, 0.5) is 0 Å². The van der Waals surface area contributed by atoms with Crippen LogP contribution in [0.25, 0.3) is 0 Å². The molecule has 1 unspecified atom stereocenters. The molecular weight excluding hydrogens is 322 g/mol. The Morgan fingerprint density at radius 2 is 1.96 bits per heavy atom. The van der Waals surface area contributed by atoms with Gasteiger partial charge in [0.2, 0.25) is 0 Å². The van der Waals surface area contributed by atoms with E-state index in [9.17, 15) is 4.79 Å². The molecule has 0 N–H and O–H groups in total. The average Bonchev–Trinajstić information content (AvgIpc) is 3.01. The lowest BCUT2D eigenvalue weighted by Crippen LogP contribution is -2.31. The first kappa shape index (κ1) is 16.8. The number of aromatic nitrogens is 2. The summed E-state index contributed by atoms with van der Waals surface area (Å²) in [6.07, 6.45) is 2.72. The zero-order valence-corrected chi connectivity index (χ0v) is 15.0. The molecule has 1 aliphatic heterocycles. The van der Waals surface area contributed by atoms with E-state index in [-0.39, 0.29) is 12.0 Å². The molecule has 0 aliphatic carbocycles. The fraction of sp³-hybridized carbons (Fsp3) is 0.389. The molecule has 1 saturated heterocycles. The van der Waals surface area contributed by atoms with E-state index in [0.717, 1.165) is 28.3 Å². The van der Waals surface area contributed by atoms with Crippen molar-refractivity contribution in [3.05, 3.63) is 47.3 Å². The third-order valence-electron chi connectivity index (χ3n) is 4.00. The summed E-state index contributed by atoms with van der Waals surface area (Å²) in [6, 6.07) is 10.0. The van der Waals surface area contributed by atoms with Crippen LogP contribution in [-0.2, 0) is 0 Å². The van der Waals surface area contributed by atoms with Gasteiger partial charge in [-0.05, 0) is 38.3 Å². The first-order valence-corrected chi connectivity index (χ1v) is 9.20. The van der Waals surface area contributed by atoms with Gasteiger partial charge in [0.1, 0.15) is 6.10 Å². The fourth-order valence-corrected chi connectivity index (χ4v) is 3.49. The summed E-state index contributed by atoms with van der Waals surface area (Å²) in [5.41, 5.74) is 2.53. The van der Waals surface area contributed by atoms with Gasteiger partial charge in [0.25, 0.3) is 5.91 Å². The van der Waals surface area contributed by atoms with Crippen LogP contribution in [0.15, 0.2) is 35.2 Å². The summed E-state index contributed by atoms with van der Waals surface area (Å²) in [6.45, 7) is 5.10. The minimum atomic E-state index is -0.0587. The first-order chi connectivity index (χ1) is 11.6. The molecule has 0 radical (unpaired) electrons. The van der Waals surface area contributed by atoms with E-state index in [1.807, 2.05) is 55.3 Å². The maximum Gasteiger partial charge on any atom is 0.317 e. The van der Waals surface area contributed by atoms with Crippen molar-refractivity contribution in [1.82, 2.24) is 14.9 Å². The van der Waals surface area contributed by atoms with Crippen LogP contribution < -0.4 is 4.74 Å². The highest BCUT2D eigenvalue weighted by Gasteiger charge is 2.29. The highest BCUT2D eigenvalue weighted by molar-refractivity contribution is 7.98. The normalized spacial score (nSPS) is 17.1. The minimum Gasteiger partial charge on any atom is -0.458 e. The van der Waals surface area contributed by atoms with E-state index in [0.29, 0.717) is 19.1 Å². The fourth-order valence-electron chi connectivity index (χ4n) is 2.90. The molecule has 24 heavy (non-hydrogen) atoms. The molecule has 1 aromatic heterocycles. The van der Waals surface area contributed by atoms with Crippen LogP contribution in [0.1, 0.15) is 28.2 Å².